The molecule has 1 heterocycles. The minimum atomic E-state index is -0.0959. The first kappa shape index (κ1) is 12.0. The molecule has 0 aromatic heterocycles. The molecule has 3 nitrogen and oxygen atoms in total. The zero-order valence-corrected chi connectivity index (χ0v) is 10.4. The molecule has 0 spiro atoms. The summed E-state index contributed by atoms with van der Waals surface area (Å²) in [6, 6.07) is 8.62. The number of benzene rings is 1. The van der Waals surface area contributed by atoms with Crippen LogP contribution in [0.15, 0.2) is 24.3 Å². The van der Waals surface area contributed by atoms with Gasteiger partial charge in [0.1, 0.15) is 0 Å². The van der Waals surface area contributed by atoms with Crippen LogP contribution in [0.3, 0.4) is 0 Å². The lowest BCUT2D eigenvalue weighted by molar-refractivity contribution is -0.143. The topological polar surface area (TPSA) is 38.3 Å². The number of nitrogens with one attached hydrogen (secondary N) is 1. The van der Waals surface area contributed by atoms with Crippen molar-refractivity contribution in [3.8, 4) is 0 Å². The summed E-state index contributed by atoms with van der Waals surface area (Å²) < 4.78 is 5.04. The second-order valence-electron chi connectivity index (χ2n) is 4.57. The molecule has 2 atom stereocenters. The molecule has 3 heteroatoms. The Labute approximate surface area is 102 Å². The molecule has 0 amide bonds. The van der Waals surface area contributed by atoms with Crippen molar-refractivity contribution in [1.29, 1.82) is 0 Å². The molecule has 2 unspecified atom stereocenters. The monoisotopic (exact) mass is 233 g/mol. The molecule has 0 radical (unpaired) electrons. The average molecular weight is 233 g/mol. The van der Waals surface area contributed by atoms with Crippen LogP contribution in [0.1, 0.15) is 38.2 Å². The van der Waals surface area contributed by atoms with E-state index in [2.05, 4.69) is 24.4 Å². The number of ether oxygens (including phenoxy) is 1. The van der Waals surface area contributed by atoms with Crippen LogP contribution in [0.25, 0.3) is 0 Å². The van der Waals surface area contributed by atoms with Crippen LogP contribution >= 0.6 is 0 Å². The van der Waals surface area contributed by atoms with Gasteiger partial charge in [0.05, 0.1) is 13.0 Å². The Bertz CT molecular complexity index is 403. The first-order valence-electron chi connectivity index (χ1n) is 6.21. The van der Waals surface area contributed by atoms with Crippen molar-refractivity contribution < 1.29 is 9.53 Å². The summed E-state index contributed by atoms with van der Waals surface area (Å²) in [7, 11) is 0. The molecule has 1 aliphatic heterocycles. The van der Waals surface area contributed by atoms with Crippen LogP contribution in [-0.4, -0.2) is 18.6 Å². The van der Waals surface area contributed by atoms with Gasteiger partial charge in [0.15, 0.2) is 0 Å². The molecule has 0 saturated carbocycles. The normalized spacial score (nSPS) is 22.5. The molecule has 17 heavy (non-hydrogen) atoms. The van der Waals surface area contributed by atoms with E-state index in [-0.39, 0.29) is 11.9 Å². The minimum Gasteiger partial charge on any atom is -0.466 e. The summed E-state index contributed by atoms with van der Waals surface area (Å²) >= 11 is 0. The van der Waals surface area contributed by atoms with Gasteiger partial charge in [0.2, 0.25) is 0 Å². The molecular formula is C14H19NO2. The van der Waals surface area contributed by atoms with Crippen molar-refractivity contribution in [3.63, 3.8) is 0 Å². The lowest BCUT2D eigenvalue weighted by atomic mass is 9.85. The summed E-state index contributed by atoms with van der Waals surface area (Å²) in [6.45, 7) is 4.45. The van der Waals surface area contributed by atoms with Gasteiger partial charge in [-0.25, -0.2) is 0 Å². The summed E-state index contributed by atoms with van der Waals surface area (Å²) in [5.41, 5.74) is 2.39. The lowest BCUT2D eigenvalue weighted by Gasteiger charge is -2.30. The number of hydrogen-bond donors (Lipinski definition) is 1. The van der Waals surface area contributed by atoms with Gasteiger partial charge in [0, 0.05) is 11.7 Å². The van der Waals surface area contributed by atoms with Crippen LogP contribution in [-0.2, 0) is 9.53 Å². The standard InChI is InChI=1S/C14H19NO2/c1-3-17-14(16)9-11-8-10(2)15-13-7-5-4-6-12(11)13/h4-7,10-11,15H,3,8-9H2,1-2H3. The van der Waals surface area contributed by atoms with Gasteiger partial charge in [-0.3, -0.25) is 4.79 Å². The first-order valence-corrected chi connectivity index (χ1v) is 6.21. The minimum absolute atomic E-state index is 0.0959. The number of carbonyl (C=O) groups excluding carboxylic acids is 1. The molecule has 0 aliphatic carbocycles. The van der Waals surface area contributed by atoms with E-state index in [0.29, 0.717) is 19.1 Å². The molecule has 92 valence electrons. The number of hydrogen-bond acceptors (Lipinski definition) is 3. The van der Waals surface area contributed by atoms with Crippen molar-refractivity contribution >= 4 is 11.7 Å². The highest BCUT2D eigenvalue weighted by Gasteiger charge is 2.26. The summed E-state index contributed by atoms with van der Waals surface area (Å²) in [5.74, 6) is 0.183. The predicted octanol–water partition coefficient (Wildman–Crippen LogP) is 2.93. The molecular weight excluding hydrogens is 214 g/mol. The van der Waals surface area contributed by atoms with E-state index in [0.717, 1.165) is 12.1 Å². The van der Waals surface area contributed by atoms with Gasteiger partial charge in [-0.15, -0.1) is 0 Å². The van der Waals surface area contributed by atoms with E-state index < -0.39 is 0 Å². The van der Waals surface area contributed by atoms with E-state index >= 15 is 0 Å². The van der Waals surface area contributed by atoms with Crippen LogP contribution in [0.2, 0.25) is 0 Å². The Hall–Kier alpha value is -1.51. The first-order chi connectivity index (χ1) is 8.20. The number of para-hydroxylation sites is 1. The molecule has 1 N–H and O–H groups in total. The smallest absolute Gasteiger partial charge is 0.306 e. The van der Waals surface area contributed by atoms with Gasteiger partial charge in [-0.05, 0) is 37.8 Å². The van der Waals surface area contributed by atoms with Crippen LogP contribution in [0.5, 0.6) is 0 Å². The Balaban J connectivity index is 2.15. The van der Waals surface area contributed by atoms with Gasteiger partial charge < -0.3 is 10.1 Å². The van der Waals surface area contributed by atoms with Crippen LogP contribution in [0, 0.1) is 0 Å². The molecule has 1 aliphatic rings. The van der Waals surface area contributed by atoms with E-state index in [1.165, 1.54) is 5.56 Å². The van der Waals surface area contributed by atoms with Gasteiger partial charge in [-0.2, -0.15) is 0 Å². The quantitative estimate of drug-likeness (QED) is 0.816. The maximum Gasteiger partial charge on any atom is 0.306 e. The summed E-state index contributed by atoms with van der Waals surface area (Å²) in [5, 5.41) is 3.44. The molecule has 1 aromatic carbocycles. The molecule has 1 aromatic rings. The molecule has 0 saturated heterocycles. The third kappa shape index (κ3) is 2.78. The molecule has 0 fully saturated rings. The second-order valence-corrected chi connectivity index (χ2v) is 4.57. The van der Waals surface area contributed by atoms with Crippen molar-refractivity contribution in [2.45, 2.75) is 38.6 Å². The van der Waals surface area contributed by atoms with Crippen LogP contribution in [0.4, 0.5) is 5.69 Å². The highest BCUT2D eigenvalue weighted by Crippen LogP contribution is 2.36. The second kappa shape index (κ2) is 5.21. The number of carbonyl (C=O) groups is 1. The SMILES string of the molecule is CCOC(=O)CC1CC(C)Nc2ccccc21. The summed E-state index contributed by atoms with van der Waals surface area (Å²) in [6.07, 6.45) is 1.46. The number of esters is 1. The zero-order valence-electron chi connectivity index (χ0n) is 10.4. The fourth-order valence-corrected chi connectivity index (χ4v) is 2.48. The van der Waals surface area contributed by atoms with Crippen LogP contribution < -0.4 is 5.32 Å². The maximum atomic E-state index is 11.6. The van der Waals surface area contributed by atoms with Crippen molar-refractivity contribution in [2.75, 3.05) is 11.9 Å². The van der Waals surface area contributed by atoms with E-state index in [1.807, 2.05) is 19.1 Å². The van der Waals surface area contributed by atoms with Crippen molar-refractivity contribution in [1.82, 2.24) is 0 Å². The fraction of sp³-hybridized carbons (Fsp3) is 0.500. The Kier molecular flexibility index (Phi) is 3.67. The third-order valence-electron chi connectivity index (χ3n) is 3.16. The van der Waals surface area contributed by atoms with Crippen molar-refractivity contribution in [3.05, 3.63) is 29.8 Å². The lowest BCUT2D eigenvalue weighted by Crippen LogP contribution is -2.26. The van der Waals surface area contributed by atoms with E-state index in [1.54, 1.807) is 0 Å². The number of rotatable bonds is 3. The average Bonchev–Trinajstić information content (AvgIpc) is 2.29. The van der Waals surface area contributed by atoms with Crippen molar-refractivity contribution in [2.24, 2.45) is 0 Å². The number of anilines is 1. The highest BCUT2D eigenvalue weighted by molar-refractivity contribution is 5.71. The zero-order chi connectivity index (χ0) is 12.3. The Morgan fingerprint density at radius 2 is 2.24 bits per heavy atom. The third-order valence-corrected chi connectivity index (χ3v) is 3.16. The van der Waals surface area contributed by atoms with E-state index in [9.17, 15) is 4.79 Å². The molecule has 0 bridgehead atoms. The molecule has 2 rings (SSSR count). The highest BCUT2D eigenvalue weighted by atomic mass is 16.5. The predicted molar refractivity (Wildman–Crippen MR) is 68.1 cm³/mol. The maximum absolute atomic E-state index is 11.6. The number of fused-ring (bicyclic) bond motifs is 1. The summed E-state index contributed by atoms with van der Waals surface area (Å²) in [4.78, 5) is 11.6. The van der Waals surface area contributed by atoms with Gasteiger partial charge >= 0.3 is 5.97 Å². The Morgan fingerprint density at radius 1 is 1.47 bits per heavy atom. The largest absolute Gasteiger partial charge is 0.466 e. The van der Waals surface area contributed by atoms with Gasteiger partial charge in [0.25, 0.3) is 0 Å². The van der Waals surface area contributed by atoms with Gasteiger partial charge in [-0.1, -0.05) is 18.2 Å². The Morgan fingerprint density at radius 3 is 3.00 bits per heavy atom. The fourth-order valence-electron chi connectivity index (χ4n) is 2.48. The van der Waals surface area contributed by atoms with E-state index in [4.69, 9.17) is 4.74 Å².